The third kappa shape index (κ3) is 4.51. The van der Waals surface area contributed by atoms with Crippen molar-refractivity contribution in [1.82, 2.24) is 9.80 Å². The lowest BCUT2D eigenvalue weighted by Crippen LogP contribution is -2.58. The molecule has 1 N–H and O–H groups in total. The third-order valence-electron chi connectivity index (χ3n) is 9.83. The van der Waals surface area contributed by atoms with Crippen molar-refractivity contribution in [3.8, 4) is 0 Å². The monoisotopic (exact) mass is 580 g/mol. The highest BCUT2D eigenvalue weighted by molar-refractivity contribution is 8.02. The van der Waals surface area contributed by atoms with Crippen molar-refractivity contribution in [2.75, 3.05) is 49.6 Å². The first-order chi connectivity index (χ1) is 19.6. The van der Waals surface area contributed by atoms with Gasteiger partial charge < -0.3 is 24.7 Å². The average molecular weight is 581 g/mol. The zero-order chi connectivity index (χ0) is 29.7. The van der Waals surface area contributed by atoms with Gasteiger partial charge in [-0.05, 0) is 51.0 Å². The lowest BCUT2D eigenvalue weighted by molar-refractivity contribution is -0.145. The molecule has 0 bridgehead atoms. The number of carbonyl (C=O) groups is 3. The number of aliphatic hydroxyl groups is 1. The van der Waals surface area contributed by atoms with E-state index in [1.807, 2.05) is 63.3 Å². The van der Waals surface area contributed by atoms with E-state index < -0.39 is 33.4 Å². The molecule has 9 heteroatoms. The molecule has 222 valence electrons. The van der Waals surface area contributed by atoms with Gasteiger partial charge in [0.15, 0.2) is 0 Å². The van der Waals surface area contributed by atoms with Gasteiger partial charge in [-0.3, -0.25) is 14.4 Å². The molecule has 4 heterocycles. The number of hydrogen-bond acceptors (Lipinski definition) is 6. The Labute approximate surface area is 248 Å². The topological polar surface area (TPSA) is 84.4 Å². The molecule has 4 aliphatic heterocycles. The van der Waals surface area contributed by atoms with Gasteiger partial charge in [-0.1, -0.05) is 44.6 Å². The van der Waals surface area contributed by atoms with Gasteiger partial charge in [0, 0.05) is 49.3 Å². The molecule has 2 saturated heterocycles. The quantitative estimate of drug-likeness (QED) is 0.474. The summed E-state index contributed by atoms with van der Waals surface area (Å²) in [5.74, 6) is -1.78. The molecule has 1 aromatic rings. The number of benzene rings is 1. The van der Waals surface area contributed by atoms with E-state index in [4.69, 9.17) is 0 Å². The van der Waals surface area contributed by atoms with Crippen LogP contribution in [-0.2, 0) is 14.4 Å². The summed E-state index contributed by atoms with van der Waals surface area (Å²) < 4.78 is -1.56. The number of likely N-dealkylation sites (N-methyl/N-ethyl adjacent to an activating group) is 1. The van der Waals surface area contributed by atoms with Crippen LogP contribution in [0.1, 0.15) is 41.0 Å². The van der Waals surface area contributed by atoms with Crippen LogP contribution in [0, 0.1) is 17.8 Å². The summed E-state index contributed by atoms with van der Waals surface area (Å²) in [6.07, 6.45) is 8.85. The molecule has 1 aromatic carbocycles. The molecule has 1 unspecified atom stereocenters. The zero-order valence-electron chi connectivity index (χ0n) is 25.1. The Bertz CT molecular complexity index is 1250. The average Bonchev–Trinajstić information content (AvgIpc) is 3.24. The lowest BCUT2D eigenvalue weighted by atomic mass is 9.74. The van der Waals surface area contributed by atoms with Crippen LogP contribution >= 0.6 is 11.8 Å². The molecule has 4 aliphatic rings. The summed E-state index contributed by atoms with van der Waals surface area (Å²) >= 11 is 1.58. The standard InChI is InChI=1S/C32H44N4O4S/c1-7-21(4)24(20-37)36-27-30(40)35(23-14-12-22(13-15-23)34(8-2)9-3)19-11-17-32(27)26(29(36)39)25-28(38)33(6)18-10-16-31(25,5)41-32/h10-17,21,24-27,37H,7-9,18-20H2,1-6H3/t21-,24-,25-,26-,27?,31+,32-/m0/s1. The number of thioether (sulfide) groups is 1. The normalized spacial score (nSPS) is 32.4. The van der Waals surface area contributed by atoms with Crippen LogP contribution in [-0.4, -0.2) is 94.0 Å². The summed E-state index contributed by atoms with van der Waals surface area (Å²) in [5.41, 5.74) is 1.86. The van der Waals surface area contributed by atoms with Crippen LogP contribution in [0.4, 0.5) is 11.4 Å². The van der Waals surface area contributed by atoms with Gasteiger partial charge in [0.2, 0.25) is 11.8 Å². The fourth-order valence-electron chi connectivity index (χ4n) is 7.42. The summed E-state index contributed by atoms with van der Waals surface area (Å²) in [7, 11) is 1.77. The maximum Gasteiger partial charge on any atom is 0.251 e. The first kappa shape index (κ1) is 29.7. The highest BCUT2D eigenvalue weighted by Gasteiger charge is 2.74. The first-order valence-corrected chi connectivity index (χ1v) is 15.8. The van der Waals surface area contributed by atoms with Crippen LogP contribution in [0.2, 0.25) is 0 Å². The number of rotatable bonds is 8. The summed E-state index contributed by atoms with van der Waals surface area (Å²) in [5, 5.41) is 10.6. The van der Waals surface area contributed by atoms with E-state index >= 15 is 0 Å². The number of likely N-dealkylation sites (tertiary alicyclic amines) is 1. The van der Waals surface area contributed by atoms with Gasteiger partial charge in [-0.25, -0.2) is 0 Å². The number of fused-ring (bicyclic) bond motifs is 2. The fourth-order valence-corrected chi connectivity index (χ4v) is 9.56. The zero-order valence-corrected chi connectivity index (χ0v) is 25.9. The predicted molar refractivity (Wildman–Crippen MR) is 165 cm³/mol. The largest absolute Gasteiger partial charge is 0.394 e. The van der Waals surface area contributed by atoms with Gasteiger partial charge in [0.05, 0.1) is 29.2 Å². The number of aliphatic hydroxyl groups excluding tert-OH is 1. The van der Waals surface area contributed by atoms with Crippen molar-refractivity contribution in [3.63, 3.8) is 0 Å². The molecule has 0 saturated carbocycles. The Morgan fingerprint density at radius 1 is 0.976 bits per heavy atom. The number of carbonyl (C=O) groups excluding carboxylic acids is 3. The molecule has 0 aromatic heterocycles. The highest BCUT2D eigenvalue weighted by Crippen LogP contribution is 2.66. The van der Waals surface area contributed by atoms with Crippen LogP contribution < -0.4 is 9.80 Å². The predicted octanol–water partition coefficient (Wildman–Crippen LogP) is 3.56. The Hall–Kier alpha value is -2.78. The van der Waals surface area contributed by atoms with Crippen molar-refractivity contribution >= 4 is 40.9 Å². The van der Waals surface area contributed by atoms with E-state index in [1.165, 1.54) is 0 Å². The number of amides is 3. The Kier molecular flexibility index (Phi) is 8.07. The maximum absolute atomic E-state index is 14.8. The van der Waals surface area contributed by atoms with Crippen molar-refractivity contribution in [2.24, 2.45) is 17.8 Å². The summed E-state index contributed by atoms with van der Waals surface area (Å²) in [4.78, 5) is 50.6. The van der Waals surface area contributed by atoms with Crippen molar-refractivity contribution in [2.45, 2.75) is 62.6 Å². The van der Waals surface area contributed by atoms with Gasteiger partial charge >= 0.3 is 0 Å². The summed E-state index contributed by atoms with van der Waals surface area (Å²) in [6.45, 7) is 12.7. The molecular formula is C32H44N4O4S. The Morgan fingerprint density at radius 3 is 2.24 bits per heavy atom. The van der Waals surface area contributed by atoms with Crippen molar-refractivity contribution in [3.05, 3.63) is 48.6 Å². The molecule has 0 aliphatic carbocycles. The Morgan fingerprint density at radius 2 is 1.63 bits per heavy atom. The van der Waals surface area contributed by atoms with E-state index in [0.29, 0.717) is 13.1 Å². The van der Waals surface area contributed by atoms with Crippen LogP contribution in [0.5, 0.6) is 0 Å². The molecule has 5 rings (SSSR count). The van der Waals surface area contributed by atoms with Crippen LogP contribution in [0.25, 0.3) is 0 Å². The minimum absolute atomic E-state index is 0.0227. The summed E-state index contributed by atoms with van der Waals surface area (Å²) in [6, 6.07) is 6.67. The second-order valence-electron chi connectivity index (χ2n) is 12.0. The molecule has 0 radical (unpaired) electrons. The molecule has 8 nitrogen and oxygen atoms in total. The lowest BCUT2D eigenvalue weighted by Gasteiger charge is -2.41. The van der Waals surface area contributed by atoms with Gasteiger partial charge in [-0.15, -0.1) is 11.8 Å². The molecule has 3 amide bonds. The SMILES string of the molecule is CC[C@H](C)[C@H](CO)N1C(=O)[C@@H]2[C@H]3C(=O)N(C)CC=C[C@@]3(C)S[C@@]23C=CCN(c2ccc(N(CC)CC)cc2)C(=O)C13. The second-order valence-corrected chi connectivity index (χ2v) is 13.8. The third-order valence-corrected chi connectivity index (χ3v) is 11.6. The minimum Gasteiger partial charge on any atom is -0.394 e. The van der Waals surface area contributed by atoms with Crippen molar-refractivity contribution < 1.29 is 19.5 Å². The van der Waals surface area contributed by atoms with Gasteiger partial charge in [0.25, 0.3) is 5.91 Å². The van der Waals surface area contributed by atoms with Crippen LogP contribution in [0.15, 0.2) is 48.6 Å². The molecule has 41 heavy (non-hydrogen) atoms. The smallest absolute Gasteiger partial charge is 0.251 e. The molecule has 2 fully saturated rings. The van der Waals surface area contributed by atoms with Gasteiger partial charge in [-0.2, -0.15) is 0 Å². The minimum atomic E-state index is -0.928. The van der Waals surface area contributed by atoms with Crippen LogP contribution in [0.3, 0.4) is 0 Å². The van der Waals surface area contributed by atoms with E-state index in [1.54, 1.807) is 33.5 Å². The molecular weight excluding hydrogens is 536 g/mol. The van der Waals surface area contributed by atoms with E-state index in [9.17, 15) is 19.5 Å². The van der Waals surface area contributed by atoms with E-state index in [2.05, 4.69) is 24.8 Å². The number of nitrogens with zero attached hydrogens (tertiary/aromatic N) is 4. The van der Waals surface area contributed by atoms with Gasteiger partial charge in [0.1, 0.15) is 6.04 Å². The second kappa shape index (κ2) is 11.1. The number of hydrogen-bond donors (Lipinski definition) is 1. The fraction of sp³-hybridized carbons (Fsp3) is 0.594. The van der Waals surface area contributed by atoms with Crippen molar-refractivity contribution in [1.29, 1.82) is 0 Å². The maximum atomic E-state index is 14.8. The highest BCUT2D eigenvalue weighted by atomic mass is 32.2. The Balaban J connectivity index is 1.63. The molecule has 7 atom stereocenters. The van der Waals surface area contributed by atoms with E-state index in [0.717, 1.165) is 30.9 Å². The number of anilines is 2. The first-order valence-electron chi connectivity index (χ1n) is 15.0. The van der Waals surface area contributed by atoms with E-state index in [-0.39, 0.29) is 30.2 Å². The molecule has 1 spiro atoms.